The maximum absolute atomic E-state index is 12.9. The highest BCUT2D eigenvalue weighted by Gasteiger charge is 2.32. The Bertz CT molecular complexity index is 813. The minimum absolute atomic E-state index is 0.00756. The molecule has 3 rings (SSSR count). The molecule has 142 valence electrons. The van der Waals surface area contributed by atoms with Gasteiger partial charge in [-0.05, 0) is 38.3 Å². The second-order valence-corrected chi connectivity index (χ2v) is 9.04. The number of hydrogen-bond donors (Lipinski definition) is 0. The molecule has 1 aliphatic rings. The molecular weight excluding hydrogens is 348 g/mol. The van der Waals surface area contributed by atoms with Crippen molar-refractivity contribution in [3.05, 3.63) is 47.9 Å². The van der Waals surface area contributed by atoms with Crippen LogP contribution < -0.4 is 0 Å². The van der Waals surface area contributed by atoms with Crippen LogP contribution in [-0.2, 0) is 23.5 Å². The van der Waals surface area contributed by atoms with Gasteiger partial charge in [-0.2, -0.15) is 4.31 Å². The maximum atomic E-state index is 12.9. The third-order valence-electron chi connectivity index (χ3n) is 5.28. The molecule has 1 saturated heterocycles. The summed E-state index contributed by atoms with van der Waals surface area (Å²) in [7, 11) is -0.0581. The number of piperidine rings is 1. The van der Waals surface area contributed by atoms with Crippen molar-refractivity contribution < 1.29 is 8.42 Å². The van der Waals surface area contributed by atoms with E-state index in [1.807, 2.05) is 20.0 Å². The Hall–Kier alpha value is -1.70. The number of hydrogen-bond acceptors (Lipinski definition) is 4. The Morgan fingerprint density at radius 2 is 2.00 bits per heavy atom. The Labute approximate surface area is 156 Å². The second-order valence-electron chi connectivity index (χ2n) is 7.09. The van der Waals surface area contributed by atoms with Gasteiger partial charge in [0.15, 0.2) is 5.03 Å². The molecule has 26 heavy (non-hydrogen) atoms. The van der Waals surface area contributed by atoms with Crippen LogP contribution in [0.25, 0.3) is 0 Å². The molecule has 0 amide bonds. The molecule has 1 fully saturated rings. The van der Waals surface area contributed by atoms with Crippen LogP contribution in [0.15, 0.2) is 41.6 Å². The number of nitrogens with zero attached hydrogens (tertiary/aromatic N) is 4. The standard InChI is InChI=1S/C19H28N4O2S/c1-16-20-19(15-21(16)2)26(24,25)22(3)18-10-7-12-23(14-18)13-11-17-8-5-4-6-9-17/h4-6,8-9,15,18H,7,10-14H2,1-3H3/t18-/m0/s1. The van der Waals surface area contributed by atoms with Gasteiger partial charge in [-0.3, -0.25) is 0 Å². The Balaban J connectivity index is 1.64. The maximum Gasteiger partial charge on any atom is 0.262 e. The van der Waals surface area contributed by atoms with Crippen molar-refractivity contribution in [1.29, 1.82) is 0 Å². The van der Waals surface area contributed by atoms with E-state index >= 15 is 0 Å². The summed E-state index contributed by atoms with van der Waals surface area (Å²) in [6.45, 7) is 4.57. The molecule has 1 aromatic carbocycles. The van der Waals surface area contributed by atoms with E-state index in [1.165, 1.54) is 9.87 Å². The fourth-order valence-corrected chi connectivity index (χ4v) is 4.86. The first-order valence-electron chi connectivity index (χ1n) is 9.12. The summed E-state index contributed by atoms with van der Waals surface area (Å²) in [6, 6.07) is 10.4. The predicted molar refractivity (Wildman–Crippen MR) is 103 cm³/mol. The van der Waals surface area contributed by atoms with E-state index in [9.17, 15) is 8.42 Å². The van der Waals surface area contributed by atoms with Crippen molar-refractivity contribution in [1.82, 2.24) is 18.8 Å². The predicted octanol–water partition coefficient (Wildman–Crippen LogP) is 2.06. The van der Waals surface area contributed by atoms with Gasteiger partial charge < -0.3 is 9.47 Å². The zero-order valence-electron chi connectivity index (χ0n) is 15.8. The highest BCUT2D eigenvalue weighted by molar-refractivity contribution is 7.89. The lowest BCUT2D eigenvalue weighted by Gasteiger charge is -2.36. The van der Waals surface area contributed by atoms with Crippen molar-refractivity contribution in [3.8, 4) is 0 Å². The van der Waals surface area contributed by atoms with Gasteiger partial charge in [-0.15, -0.1) is 0 Å². The molecular formula is C19H28N4O2S. The topological polar surface area (TPSA) is 58.4 Å². The lowest BCUT2D eigenvalue weighted by molar-refractivity contribution is 0.160. The average molecular weight is 377 g/mol. The van der Waals surface area contributed by atoms with Gasteiger partial charge >= 0.3 is 0 Å². The molecule has 1 atom stereocenters. The van der Waals surface area contributed by atoms with Crippen LogP contribution in [0.5, 0.6) is 0 Å². The number of likely N-dealkylation sites (tertiary alicyclic amines) is 1. The van der Waals surface area contributed by atoms with E-state index in [2.05, 4.69) is 34.1 Å². The van der Waals surface area contributed by atoms with Gasteiger partial charge in [0.1, 0.15) is 5.82 Å². The summed E-state index contributed by atoms with van der Waals surface area (Å²) in [5, 5.41) is 0.140. The summed E-state index contributed by atoms with van der Waals surface area (Å²) in [5.41, 5.74) is 1.32. The number of imidazole rings is 1. The van der Waals surface area contributed by atoms with Crippen molar-refractivity contribution in [2.75, 3.05) is 26.7 Å². The number of benzene rings is 1. The molecule has 1 aromatic heterocycles. The van der Waals surface area contributed by atoms with Gasteiger partial charge in [0.25, 0.3) is 10.0 Å². The summed E-state index contributed by atoms with van der Waals surface area (Å²) in [5.74, 6) is 0.699. The molecule has 0 saturated carbocycles. The van der Waals surface area contributed by atoms with Crippen molar-refractivity contribution >= 4 is 10.0 Å². The molecule has 2 heterocycles. The van der Waals surface area contributed by atoms with Gasteiger partial charge in [-0.1, -0.05) is 30.3 Å². The monoisotopic (exact) mass is 376 g/mol. The summed E-state index contributed by atoms with van der Waals surface area (Å²) < 4.78 is 29.1. The fourth-order valence-electron chi connectivity index (χ4n) is 3.46. The number of aromatic nitrogens is 2. The van der Waals surface area contributed by atoms with Gasteiger partial charge in [0, 0.05) is 39.4 Å². The van der Waals surface area contributed by atoms with Crippen LogP contribution >= 0.6 is 0 Å². The van der Waals surface area contributed by atoms with Crippen molar-refractivity contribution in [2.45, 2.75) is 37.3 Å². The third-order valence-corrected chi connectivity index (χ3v) is 7.07. The molecule has 0 unspecified atom stereocenters. The van der Waals surface area contributed by atoms with Crippen LogP contribution in [0.2, 0.25) is 0 Å². The smallest absolute Gasteiger partial charge is 0.262 e. The fraction of sp³-hybridized carbons (Fsp3) is 0.526. The van der Waals surface area contributed by atoms with Gasteiger partial charge in [-0.25, -0.2) is 13.4 Å². The molecule has 2 aromatic rings. The lowest BCUT2D eigenvalue weighted by Crippen LogP contribution is -2.48. The molecule has 0 spiro atoms. The molecule has 0 radical (unpaired) electrons. The zero-order chi connectivity index (χ0) is 18.7. The Kier molecular flexibility index (Phi) is 5.79. The summed E-state index contributed by atoms with van der Waals surface area (Å²) in [6.07, 6.45) is 4.49. The van der Waals surface area contributed by atoms with E-state index in [1.54, 1.807) is 17.8 Å². The Morgan fingerprint density at radius 3 is 2.65 bits per heavy atom. The van der Waals surface area contributed by atoms with Crippen molar-refractivity contribution in [2.24, 2.45) is 7.05 Å². The van der Waals surface area contributed by atoms with E-state index in [4.69, 9.17) is 0 Å². The highest BCUT2D eigenvalue weighted by atomic mass is 32.2. The zero-order valence-corrected chi connectivity index (χ0v) is 16.6. The van der Waals surface area contributed by atoms with E-state index in [-0.39, 0.29) is 11.1 Å². The first-order valence-corrected chi connectivity index (χ1v) is 10.6. The molecule has 1 aliphatic heterocycles. The van der Waals surface area contributed by atoms with Crippen LogP contribution in [0, 0.1) is 6.92 Å². The SMILES string of the molecule is Cc1nc(S(=O)(=O)N(C)[C@H]2CCCN(CCc3ccccc3)C2)cn1C. The van der Waals surface area contributed by atoms with Crippen molar-refractivity contribution in [3.63, 3.8) is 0 Å². The molecule has 7 heteroatoms. The Morgan fingerprint density at radius 1 is 1.27 bits per heavy atom. The quantitative estimate of drug-likeness (QED) is 0.774. The molecule has 0 aliphatic carbocycles. The third kappa shape index (κ3) is 4.16. The first-order chi connectivity index (χ1) is 12.4. The molecule has 0 N–H and O–H groups in total. The van der Waals surface area contributed by atoms with Gasteiger partial charge in [0.2, 0.25) is 0 Å². The lowest BCUT2D eigenvalue weighted by atomic mass is 10.0. The van der Waals surface area contributed by atoms with Crippen LogP contribution in [0.1, 0.15) is 24.2 Å². The first kappa shape index (κ1) is 19.1. The van der Waals surface area contributed by atoms with Crippen LogP contribution in [-0.4, -0.2) is 59.9 Å². The minimum atomic E-state index is -3.56. The number of likely N-dealkylation sites (N-methyl/N-ethyl adjacent to an activating group) is 1. The van der Waals surface area contributed by atoms with Crippen LogP contribution in [0.3, 0.4) is 0 Å². The highest BCUT2D eigenvalue weighted by Crippen LogP contribution is 2.22. The molecule has 6 nitrogen and oxygen atoms in total. The summed E-state index contributed by atoms with van der Waals surface area (Å²) in [4.78, 5) is 6.58. The minimum Gasteiger partial charge on any atom is -0.337 e. The normalized spacial score (nSPS) is 19.2. The van der Waals surface area contributed by atoms with E-state index < -0.39 is 10.0 Å². The number of rotatable bonds is 6. The van der Waals surface area contributed by atoms with Crippen LogP contribution in [0.4, 0.5) is 0 Å². The van der Waals surface area contributed by atoms with Gasteiger partial charge in [0.05, 0.1) is 0 Å². The average Bonchev–Trinajstić information content (AvgIpc) is 3.00. The second kappa shape index (κ2) is 7.90. The number of aryl methyl sites for hydroxylation is 2. The summed E-state index contributed by atoms with van der Waals surface area (Å²) >= 11 is 0. The van der Waals surface area contributed by atoms with E-state index in [0.29, 0.717) is 5.82 Å². The largest absolute Gasteiger partial charge is 0.337 e. The number of sulfonamides is 1. The molecule has 0 bridgehead atoms. The van der Waals surface area contributed by atoms with E-state index in [0.717, 1.165) is 38.9 Å².